The van der Waals surface area contributed by atoms with Gasteiger partial charge in [-0.1, -0.05) is 12.1 Å². The van der Waals surface area contributed by atoms with Gasteiger partial charge in [-0.2, -0.15) is 0 Å². The van der Waals surface area contributed by atoms with E-state index in [4.69, 9.17) is 4.74 Å². The number of nitrogens with one attached hydrogen (secondary N) is 1. The standard InChI is InChI=1S/C21H20N2O3S2/c1-13(20(25)22-16-8-7-14-4-2-5-15(14)10-16)26-19(24)11-17-12-28-21(23-17)18-6-3-9-27-18/h3,6-10,12-13H,2,4-5,11H2,1H3,(H,22,25)/t13-/m0/s1. The summed E-state index contributed by atoms with van der Waals surface area (Å²) >= 11 is 3.11. The van der Waals surface area contributed by atoms with Crippen LogP contribution in [0.1, 0.15) is 30.2 Å². The fourth-order valence-electron chi connectivity index (χ4n) is 3.24. The summed E-state index contributed by atoms with van der Waals surface area (Å²) in [6.45, 7) is 1.58. The summed E-state index contributed by atoms with van der Waals surface area (Å²) in [6, 6.07) is 9.93. The summed E-state index contributed by atoms with van der Waals surface area (Å²) in [5.41, 5.74) is 4.04. The highest BCUT2D eigenvalue weighted by Crippen LogP contribution is 2.28. The molecule has 0 aliphatic heterocycles. The molecule has 0 fully saturated rings. The summed E-state index contributed by atoms with van der Waals surface area (Å²) in [6.07, 6.45) is 2.49. The van der Waals surface area contributed by atoms with E-state index in [0.29, 0.717) is 5.69 Å². The van der Waals surface area contributed by atoms with Gasteiger partial charge in [0.05, 0.1) is 17.0 Å². The molecule has 0 spiro atoms. The van der Waals surface area contributed by atoms with Gasteiger partial charge in [0.2, 0.25) is 0 Å². The van der Waals surface area contributed by atoms with Crippen LogP contribution in [0.2, 0.25) is 0 Å². The van der Waals surface area contributed by atoms with Crippen molar-refractivity contribution in [1.29, 1.82) is 0 Å². The molecule has 0 saturated heterocycles. The lowest BCUT2D eigenvalue weighted by Gasteiger charge is -2.14. The van der Waals surface area contributed by atoms with E-state index in [0.717, 1.165) is 34.8 Å². The van der Waals surface area contributed by atoms with Crippen LogP contribution in [0.4, 0.5) is 5.69 Å². The Morgan fingerprint density at radius 1 is 1.21 bits per heavy atom. The number of esters is 1. The van der Waals surface area contributed by atoms with E-state index in [-0.39, 0.29) is 12.3 Å². The number of amides is 1. The summed E-state index contributed by atoms with van der Waals surface area (Å²) in [4.78, 5) is 30.1. The van der Waals surface area contributed by atoms with Crippen LogP contribution in [0, 0.1) is 0 Å². The third-order valence-corrected chi connectivity index (χ3v) is 6.58. The number of hydrogen-bond donors (Lipinski definition) is 1. The first-order chi connectivity index (χ1) is 13.6. The number of fused-ring (bicyclic) bond motifs is 1. The van der Waals surface area contributed by atoms with Crippen molar-refractivity contribution in [3.63, 3.8) is 0 Å². The molecule has 0 bridgehead atoms. The van der Waals surface area contributed by atoms with Gasteiger partial charge >= 0.3 is 5.97 Å². The second-order valence-corrected chi connectivity index (χ2v) is 8.56. The van der Waals surface area contributed by atoms with Crippen LogP contribution in [0.3, 0.4) is 0 Å². The van der Waals surface area contributed by atoms with Gasteiger partial charge in [0, 0.05) is 11.1 Å². The van der Waals surface area contributed by atoms with Crippen LogP contribution in [-0.4, -0.2) is 23.0 Å². The molecular formula is C21H20N2O3S2. The van der Waals surface area contributed by atoms with E-state index in [1.165, 1.54) is 22.5 Å². The Morgan fingerprint density at radius 3 is 2.89 bits per heavy atom. The van der Waals surface area contributed by atoms with Crippen molar-refractivity contribution in [1.82, 2.24) is 4.98 Å². The third-order valence-electron chi connectivity index (χ3n) is 4.65. The molecule has 1 atom stereocenters. The average Bonchev–Trinajstić information content (AvgIpc) is 3.42. The molecule has 1 aromatic carbocycles. The highest BCUT2D eigenvalue weighted by atomic mass is 32.1. The van der Waals surface area contributed by atoms with E-state index in [1.807, 2.05) is 35.0 Å². The predicted molar refractivity (Wildman–Crippen MR) is 112 cm³/mol. The van der Waals surface area contributed by atoms with Crippen LogP contribution in [0.5, 0.6) is 0 Å². The lowest BCUT2D eigenvalue weighted by Crippen LogP contribution is -2.30. The molecule has 1 amide bonds. The second kappa shape index (κ2) is 8.24. The Morgan fingerprint density at radius 2 is 2.07 bits per heavy atom. The van der Waals surface area contributed by atoms with Gasteiger partial charge in [-0.3, -0.25) is 9.59 Å². The maximum Gasteiger partial charge on any atom is 0.312 e. The maximum atomic E-state index is 12.4. The zero-order chi connectivity index (χ0) is 19.5. The van der Waals surface area contributed by atoms with Crippen molar-refractivity contribution in [2.75, 3.05) is 5.32 Å². The normalized spacial score (nSPS) is 13.8. The molecule has 1 aliphatic carbocycles. The van der Waals surface area contributed by atoms with Crippen LogP contribution < -0.4 is 5.32 Å². The maximum absolute atomic E-state index is 12.4. The number of thiophene rings is 1. The number of carbonyl (C=O) groups is 2. The van der Waals surface area contributed by atoms with E-state index >= 15 is 0 Å². The topological polar surface area (TPSA) is 68.3 Å². The molecule has 5 nitrogen and oxygen atoms in total. The van der Waals surface area contributed by atoms with Gasteiger partial charge in [-0.05, 0) is 60.9 Å². The Balaban J connectivity index is 1.31. The van der Waals surface area contributed by atoms with Gasteiger partial charge < -0.3 is 10.1 Å². The minimum atomic E-state index is -0.865. The van der Waals surface area contributed by atoms with E-state index in [1.54, 1.807) is 18.3 Å². The third kappa shape index (κ3) is 4.31. The molecule has 2 aromatic heterocycles. The van der Waals surface area contributed by atoms with Gasteiger partial charge in [0.25, 0.3) is 5.91 Å². The van der Waals surface area contributed by atoms with E-state index < -0.39 is 12.1 Å². The second-order valence-electron chi connectivity index (χ2n) is 6.76. The molecule has 2 heterocycles. The van der Waals surface area contributed by atoms with Crippen molar-refractivity contribution in [2.45, 2.75) is 38.7 Å². The van der Waals surface area contributed by atoms with E-state index in [9.17, 15) is 9.59 Å². The van der Waals surface area contributed by atoms with Gasteiger partial charge in [0.15, 0.2) is 6.10 Å². The van der Waals surface area contributed by atoms with Crippen molar-refractivity contribution in [3.8, 4) is 9.88 Å². The Hall–Kier alpha value is -2.51. The van der Waals surface area contributed by atoms with Crippen molar-refractivity contribution in [3.05, 3.63) is 57.9 Å². The van der Waals surface area contributed by atoms with Crippen LogP contribution in [0.25, 0.3) is 9.88 Å². The molecule has 1 aliphatic rings. The van der Waals surface area contributed by atoms with Crippen molar-refractivity contribution < 1.29 is 14.3 Å². The molecule has 144 valence electrons. The van der Waals surface area contributed by atoms with E-state index in [2.05, 4.69) is 16.4 Å². The fourth-order valence-corrected chi connectivity index (χ4v) is 4.87. The number of benzene rings is 1. The molecule has 0 saturated carbocycles. The number of rotatable bonds is 6. The van der Waals surface area contributed by atoms with Gasteiger partial charge in [0.1, 0.15) is 5.01 Å². The quantitative estimate of drug-likeness (QED) is 0.607. The lowest BCUT2D eigenvalue weighted by atomic mass is 10.1. The molecule has 1 N–H and O–H groups in total. The summed E-state index contributed by atoms with van der Waals surface area (Å²) < 4.78 is 5.30. The van der Waals surface area contributed by atoms with Crippen LogP contribution >= 0.6 is 22.7 Å². The number of aromatic nitrogens is 1. The first-order valence-electron chi connectivity index (χ1n) is 9.19. The molecule has 4 rings (SSSR count). The molecule has 7 heteroatoms. The average molecular weight is 413 g/mol. The minimum absolute atomic E-state index is 0.0539. The molecule has 0 unspecified atom stereocenters. The highest BCUT2D eigenvalue weighted by molar-refractivity contribution is 7.20. The van der Waals surface area contributed by atoms with Crippen molar-refractivity contribution in [2.24, 2.45) is 0 Å². The number of anilines is 1. The number of ether oxygens (including phenoxy) is 1. The number of thiazole rings is 1. The first-order valence-corrected chi connectivity index (χ1v) is 10.9. The summed E-state index contributed by atoms with van der Waals surface area (Å²) in [5.74, 6) is -0.788. The Kier molecular flexibility index (Phi) is 5.54. The summed E-state index contributed by atoms with van der Waals surface area (Å²) in [7, 11) is 0. The monoisotopic (exact) mass is 412 g/mol. The number of carbonyl (C=O) groups excluding carboxylic acids is 2. The highest BCUT2D eigenvalue weighted by Gasteiger charge is 2.20. The van der Waals surface area contributed by atoms with Gasteiger partial charge in [-0.15, -0.1) is 22.7 Å². The van der Waals surface area contributed by atoms with Crippen LogP contribution in [0.15, 0.2) is 41.1 Å². The SMILES string of the molecule is C[C@H](OC(=O)Cc1csc(-c2cccs2)n1)C(=O)Nc1ccc2c(c1)CCC2. The van der Waals surface area contributed by atoms with Crippen LogP contribution in [-0.2, 0) is 33.6 Å². The number of hydrogen-bond acceptors (Lipinski definition) is 6. The van der Waals surface area contributed by atoms with Gasteiger partial charge in [-0.25, -0.2) is 4.98 Å². The molecule has 0 radical (unpaired) electrons. The first kappa shape index (κ1) is 18.8. The van der Waals surface area contributed by atoms with Crippen molar-refractivity contribution >= 4 is 40.2 Å². The Bertz CT molecular complexity index is 995. The zero-order valence-electron chi connectivity index (χ0n) is 15.4. The lowest BCUT2D eigenvalue weighted by molar-refractivity contribution is -0.152. The predicted octanol–water partition coefficient (Wildman–Crippen LogP) is 4.47. The molecule has 3 aromatic rings. The fraction of sp³-hybridized carbons (Fsp3) is 0.286. The zero-order valence-corrected chi connectivity index (χ0v) is 17.1. The number of aryl methyl sites for hydroxylation is 2. The largest absolute Gasteiger partial charge is 0.452 e. The smallest absolute Gasteiger partial charge is 0.312 e. The minimum Gasteiger partial charge on any atom is -0.452 e. The molecular weight excluding hydrogens is 392 g/mol. The summed E-state index contributed by atoms with van der Waals surface area (Å²) in [5, 5.41) is 7.57. The molecule has 28 heavy (non-hydrogen) atoms. The number of nitrogens with zero attached hydrogens (tertiary/aromatic N) is 1. The Labute approximate surface area is 171 Å².